The number of hydrogen-bond donors (Lipinski definition) is 2. The second-order valence-corrected chi connectivity index (χ2v) is 8.60. The Bertz CT molecular complexity index is 1340. The Balaban J connectivity index is 1.47. The number of hydrogen-bond acceptors (Lipinski definition) is 7. The number of rotatable bonds is 5. The first-order chi connectivity index (χ1) is 16.2. The molecule has 1 fully saturated rings. The average molecular weight is 474 g/mol. The predicted molar refractivity (Wildman–Crippen MR) is 121 cm³/mol. The van der Waals surface area contributed by atoms with Crippen molar-refractivity contribution >= 4 is 28.4 Å². The zero-order valence-electron chi connectivity index (χ0n) is 18.8. The van der Waals surface area contributed by atoms with Crippen LogP contribution < -0.4 is 11.1 Å². The van der Waals surface area contributed by atoms with Gasteiger partial charge in [-0.25, -0.2) is 14.5 Å². The van der Waals surface area contributed by atoms with Crippen LogP contribution >= 0.6 is 0 Å². The van der Waals surface area contributed by atoms with Gasteiger partial charge in [-0.05, 0) is 50.8 Å². The predicted octanol–water partition coefficient (Wildman–Crippen LogP) is 3.96. The summed E-state index contributed by atoms with van der Waals surface area (Å²) in [4.78, 5) is 13.1. The van der Waals surface area contributed by atoms with Crippen molar-refractivity contribution in [2.75, 3.05) is 18.2 Å². The van der Waals surface area contributed by atoms with Gasteiger partial charge in [0.25, 0.3) is 0 Å². The van der Waals surface area contributed by atoms with Gasteiger partial charge in [-0.15, -0.1) is 5.10 Å². The molecule has 0 unspecified atom stereocenters. The van der Waals surface area contributed by atoms with E-state index in [0.29, 0.717) is 34.3 Å². The topological polar surface area (TPSA) is 108 Å². The summed E-state index contributed by atoms with van der Waals surface area (Å²) in [5.74, 6) is 0.928. The Hall–Kier alpha value is -3.41. The lowest BCUT2D eigenvalue weighted by Gasteiger charge is -2.28. The third kappa shape index (κ3) is 4.25. The Labute approximate surface area is 193 Å². The standard InChI is InChI=1S/C22H25F3N8O/c1-12-27-17-8-7-16(29-20(17)32(12)11-22(23,24)25)15-9-10-33-18(15)19(26)30-21(31-33)28-13-3-5-14(34-2)6-4-13/h7-10,13-14H,3-6,11H2,1-2H3,(H3,26,28,30,31). The Morgan fingerprint density at radius 1 is 1.12 bits per heavy atom. The lowest BCUT2D eigenvalue weighted by atomic mass is 9.93. The SMILES string of the molecule is COC1CCC(Nc2nc(N)c3c(-c4ccc5nc(C)n(CC(F)(F)F)c5n4)ccn3n2)CC1. The van der Waals surface area contributed by atoms with E-state index in [1.54, 1.807) is 36.0 Å². The second-order valence-electron chi connectivity index (χ2n) is 8.60. The maximum absolute atomic E-state index is 13.1. The van der Waals surface area contributed by atoms with E-state index in [-0.39, 0.29) is 23.3 Å². The molecule has 3 N–H and O–H groups in total. The van der Waals surface area contributed by atoms with Crippen LogP contribution in [0, 0.1) is 6.92 Å². The first kappa shape index (κ1) is 22.4. The van der Waals surface area contributed by atoms with Crippen molar-refractivity contribution in [3.63, 3.8) is 0 Å². The van der Waals surface area contributed by atoms with Crippen LogP contribution in [0.2, 0.25) is 0 Å². The normalized spacial score (nSPS) is 19.2. The van der Waals surface area contributed by atoms with Crippen LogP contribution in [-0.2, 0) is 11.3 Å². The van der Waals surface area contributed by atoms with Crippen LogP contribution in [0.3, 0.4) is 0 Å². The highest BCUT2D eigenvalue weighted by molar-refractivity contribution is 5.88. The van der Waals surface area contributed by atoms with Crippen molar-refractivity contribution in [1.29, 1.82) is 0 Å². The number of nitrogens with zero attached hydrogens (tertiary/aromatic N) is 6. The summed E-state index contributed by atoms with van der Waals surface area (Å²) in [6, 6.07) is 5.38. The maximum atomic E-state index is 13.1. The fourth-order valence-electron chi connectivity index (χ4n) is 4.58. The van der Waals surface area contributed by atoms with Crippen molar-refractivity contribution < 1.29 is 17.9 Å². The number of nitrogens with two attached hydrogens (primary N) is 1. The van der Waals surface area contributed by atoms with Crippen LogP contribution in [0.15, 0.2) is 24.4 Å². The minimum absolute atomic E-state index is 0.163. The molecule has 0 spiro atoms. The molecule has 0 amide bonds. The Morgan fingerprint density at radius 3 is 2.59 bits per heavy atom. The summed E-state index contributed by atoms with van der Waals surface area (Å²) in [5.41, 5.74) is 8.49. The maximum Gasteiger partial charge on any atom is 0.406 e. The summed E-state index contributed by atoms with van der Waals surface area (Å²) in [7, 11) is 1.73. The zero-order valence-corrected chi connectivity index (χ0v) is 18.8. The summed E-state index contributed by atoms with van der Waals surface area (Å²) in [6.07, 6.45) is 1.48. The highest BCUT2D eigenvalue weighted by Crippen LogP contribution is 2.31. The van der Waals surface area contributed by atoms with Crippen molar-refractivity contribution in [2.45, 2.75) is 57.5 Å². The van der Waals surface area contributed by atoms with Gasteiger partial charge < -0.3 is 20.4 Å². The van der Waals surface area contributed by atoms with Gasteiger partial charge in [0.2, 0.25) is 5.95 Å². The number of pyridine rings is 1. The van der Waals surface area contributed by atoms with E-state index in [9.17, 15) is 13.2 Å². The van der Waals surface area contributed by atoms with E-state index < -0.39 is 12.7 Å². The number of nitrogens with one attached hydrogen (secondary N) is 1. The molecule has 0 atom stereocenters. The molecule has 4 heterocycles. The number of aromatic nitrogens is 6. The monoisotopic (exact) mass is 474 g/mol. The van der Waals surface area contributed by atoms with Crippen LogP contribution in [0.25, 0.3) is 27.9 Å². The molecule has 0 saturated heterocycles. The first-order valence-electron chi connectivity index (χ1n) is 11.1. The Morgan fingerprint density at radius 2 is 1.88 bits per heavy atom. The average Bonchev–Trinajstić information content (AvgIpc) is 3.34. The van der Waals surface area contributed by atoms with E-state index in [1.165, 1.54) is 6.92 Å². The molecule has 1 saturated carbocycles. The van der Waals surface area contributed by atoms with Gasteiger partial charge in [0.15, 0.2) is 11.5 Å². The molecule has 34 heavy (non-hydrogen) atoms. The van der Waals surface area contributed by atoms with Crippen molar-refractivity contribution in [3.8, 4) is 11.3 Å². The fraction of sp³-hybridized carbons (Fsp3) is 0.455. The molecular weight excluding hydrogens is 449 g/mol. The number of halogens is 3. The van der Waals surface area contributed by atoms with E-state index in [0.717, 1.165) is 30.3 Å². The minimum atomic E-state index is -4.39. The van der Waals surface area contributed by atoms with Crippen molar-refractivity contribution in [1.82, 2.24) is 29.1 Å². The molecule has 1 aliphatic rings. The molecule has 0 aromatic carbocycles. The quantitative estimate of drug-likeness (QED) is 0.451. The fourth-order valence-corrected chi connectivity index (χ4v) is 4.58. The van der Waals surface area contributed by atoms with Crippen LogP contribution in [0.1, 0.15) is 31.5 Å². The number of fused-ring (bicyclic) bond motifs is 2. The van der Waals surface area contributed by atoms with Crippen LogP contribution in [0.5, 0.6) is 0 Å². The zero-order chi connectivity index (χ0) is 24.0. The van der Waals surface area contributed by atoms with Gasteiger partial charge in [0.1, 0.15) is 23.4 Å². The summed E-state index contributed by atoms with van der Waals surface area (Å²) in [5, 5.41) is 7.89. The number of alkyl halides is 3. The van der Waals surface area contributed by atoms with Gasteiger partial charge in [0, 0.05) is 24.9 Å². The molecule has 0 radical (unpaired) electrons. The molecular formula is C22H25F3N8O. The third-order valence-corrected chi connectivity index (χ3v) is 6.28. The van der Waals surface area contributed by atoms with E-state index >= 15 is 0 Å². The molecule has 4 aromatic heterocycles. The number of nitrogen functional groups attached to an aromatic ring is 1. The third-order valence-electron chi connectivity index (χ3n) is 6.28. The molecule has 9 nitrogen and oxygen atoms in total. The van der Waals surface area contributed by atoms with E-state index in [2.05, 4.69) is 25.4 Å². The number of ether oxygens (including phenoxy) is 1. The summed E-state index contributed by atoms with van der Waals surface area (Å²) < 4.78 is 47.3. The van der Waals surface area contributed by atoms with Crippen LogP contribution in [-0.4, -0.2) is 54.6 Å². The van der Waals surface area contributed by atoms with Gasteiger partial charge in [-0.2, -0.15) is 18.2 Å². The smallest absolute Gasteiger partial charge is 0.382 e. The van der Waals surface area contributed by atoms with E-state index in [1.807, 2.05) is 0 Å². The van der Waals surface area contributed by atoms with Gasteiger partial charge >= 0.3 is 6.18 Å². The molecule has 12 heteroatoms. The summed E-state index contributed by atoms with van der Waals surface area (Å²) >= 11 is 0. The first-order valence-corrected chi connectivity index (χ1v) is 11.1. The Kier molecular flexibility index (Phi) is 5.54. The molecule has 4 aromatic rings. The molecule has 1 aliphatic carbocycles. The minimum Gasteiger partial charge on any atom is -0.382 e. The van der Waals surface area contributed by atoms with Gasteiger partial charge in [-0.1, -0.05) is 0 Å². The van der Waals surface area contributed by atoms with E-state index in [4.69, 9.17) is 10.5 Å². The van der Waals surface area contributed by atoms with Crippen LogP contribution in [0.4, 0.5) is 24.9 Å². The number of aryl methyl sites for hydroxylation is 1. The summed E-state index contributed by atoms with van der Waals surface area (Å²) in [6.45, 7) is 0.373. The van der Waals surface area contributed by atoms with Gasteiger partial charge in [0.05, 0.1) is 11.8 Å². The number of imidazole rings is 1. The van der Waals surface area contributed by atoms with Gasteiger partial charge in [-0.3, -0.25) is 0 Å². The molecule has 0 aliphatic heterocycles. The lowest BCUT2D eigenvalue weighted by molar-refractivity contribution is -0.140. The largest absolute Gasteiger partial charge is 0.406 e. The number of anilines is 2. The molecule has 5 rings (SSSR count). The van der Waals surface area contributed by atoms with Crippen molar-refractivity contribution in [2.24, 2.45) is 0 Å². The number of methoxy groups -OCH3 is 1. The lowest BCUT2D eigenvalue weighted by Crippen LogP contribution is -2.30. The molecule has 180 valence electrons. The molecule has 0 bridgehead atoms. The highest BCUT2D eigenvalue weighted by Gasteiger charge is 2.30. The second kappa shape index (κ2) is 8.42. The van der Waals surface area contributed by atoms with Crippen molar-refractivity contribution in [3.05, 3.63) is 30.2 Å². The highest BCUT2D eigenvalue weighted by atomic mass is 19.4.